The van der Waals surface area contributed by atoms with E-state index >= 15 is 0 Å². The molecule has 1 amide bonds. The Hall–Kier alpha value is -1.80. The third-order valence-corrected chi connectivity index (χ3v) is 6.28. The standard InChI is InChI=1S/C19H29NO6S/c1-14(2)27(22,23)26-18-12-15(8-9-17(18)25-4)13-20(10-11-24-3)19(21)16-6-5-7-16/h8-9,12,14,16H,5-7,10-11,13H2,1-4H3. The number of nitrogens with zero attached hydrogens (tertiary/aromatic N) is 1. The maximum Gasteiger partial charge on any atom is 0.311 e. The Labute approximate surface area is 161 Å². The fraction of sp³-hybridized carbons (Fsp3) is 0.632. The van der Waals surface area contributed by atoms with Crippen molar-refractivity contribution >= 4 is 16.0 Å². The lowest BCUT2D eigenvalue weighted by Crippen LogP contribution is -2.40. The quantitative estimate of drug-likeness (QED) is 0.563. The van der Waals surface area contributed by atoms with Crippen LogP contribution in [-0.4, -0.2) is 51.8 Å². The lowest BCUT2D eigenvalue weighted by atomic mass is 9.84. The first-order valence-electron chi connectivity index (χ1n) is 9.16. The van der Waals surface area contributed by atoms with Crippen LogP contribution in [0.2, 0.25) is 0 Å². The highest BCUT2D eigenvalue weighted by atomic mass is 32.2. The van der Waals surface area contributed by atoms with Gasteiger partial charge in [0, 0.05) is 26.1 Å². The molecule has 0 aliphatic heterocycles. The van der Waals surface area contributed by atoms with Gasteiger partial charge in [0.2, 0.25) is 5.91 Å². The zero-order chi connectivity index (χ0) is 20.0. The Morgan fingerprint density at radius 3 is 2.44 bits per heavy atom. The highest BCUT2D eigenvalue weighted by Gasteiger charge is 2.29. The highest BCUT2D eigenvalue weighted by molar-refractivity contribution is 7.87. The van der Waals surface area contributed by atoms with Gasteiger partial charge in [0.15, 0.2) is 11.5 Å². The van der Waals surface area contributed by atoms with Gasteiger partial charge in [-0.05, 0) is 44.4 Å². The van der Waals surface area contributed by atoms with Crippen LogP contribution in [0.15, 0.2) is 18.2 Å². The van der Waals surface area contributed by atoms with Crippen molar-refractivity contribution in [3.63, 3.8) is 0 Å². The molecular formula is C19H29NO6S. The summed E-state index contributed by atoms with van der Waals surface area (Å²) in [6.45, 7) is 4.39. The van der Waals surface area contributed by atoms with Gasteiger partial charge in [-0.1, -0.05) is 12.5 Å². The van der Waals surface area contributed by atoms with E-state index in [9.17, 15) is 13.2 Å². The van der Waals surface area contributed by atoms with Gasteiger partial charge in [0.25, 0.3) is 0 Å². The van der Waals surface area contributed by atoms with Crippen LogP contribution < -0.4 is 8.92 Å². The third kappa shape index (κ3) is 5.59. The van der Waals surface area contributed by atoms with E-state index in [0.29, 0.717) is 25.4 Å². The largest absolute Gasteiger partial charge is 0.493 e. The van der Waals surface area contributed by atoms with Gasteiger partial charge in [-0.15, -0.1) is 0 Å². The number of hydrogen-bond donors (Lipinski definition) is 0. The number of carbonyl (C=O) groups excluding carboxylic acids is 1. The Kier molecular flexibility index (Phi) is 7.49. The monoisotopic (exact) mass is 399 g/mol. The van der Waals surface area contributed by atoms with E-state index in [2.05, 4.69) is 0 Å². The fourth-order valence-electron chi connectivity index (χ4n) is 2.71. The molecule has 2 rings (SSSR count). The van der Waals surface area contributed by atoms with E-state index in [1.807, 2.05) is 6.07 Å². The topological polar surface area (TPSA) is 82.1 Å². The van der Waals surface area contributed by atoms with Gasteiger partial charge < -0.3 is 18.6 Å². The summed E-state index contributed by atoms with van der Waals surface area (Å²) in [5.41, 5.74) is 0.772. The normalized spacial score (nSPS) is 14.7. The van der Waals surface area contributed by atoms with Crippen molar-refractivity contribution in [3.05, 3.63) is 23.8 Å². The summed E-state index contributed by atoms with van der Waals surface area (Å²) in [7, 11) is -0.696. The SMILES string of the molecule is COCCN(Cc1ccc(OC)c(OS(=O)(=O)C(C)C)c1)C(=O)C1CCC1. The minimum Gasteiger partial charge on any atom is -0.493 e. The number of hydrogen-bond acceptors (Lipinski definition) is 6. The zero-order valence-corrected chi connectivity index (χ0v) is 17.3. The second-order valence-electron chi connectivity index (χ2n) is 6.99. The van der Waals surface area contributed by atoms with Crippen LogP contribution in [-0.2, 0) is 26.2 Å². The van der Waals surface area contributed by atoms with E-state index in [-0.39, 0.29) is 17.6 Å². The van der Waals surface area contributed by atoms with Crippen LogP contribution >= 0.6 is 0 Å². The van der Waals surface area contributed by atoms with Crippen LogP contribution in [0.5, 0.6) is 11.5 Å². The number of amides is 1. The van der Waals surface area contributed by atoms with Gasteiger partial charge >= 0.3 is 10.1 Å². The summed E-state index contributed by atoms with van der Waals surface area (Å²) in [6, 6.07) is 5.08. The van der Waals surface area contributed by atoms with Crippen LogP contribution in [0.4, 0.5) is 0 Å². The average molecular weight is 400 g/mol. The van der Waals surface area contributed by atoms with Crippen molar-refractivity contribution in [3.8, 4) is 11.5 Å². The molecule has 1 saturated carbocycles. The zero-order valence-electron chi connectivity index (χ0n) is 16.4. The lowest BCUT2D eigenvalue weighted by molar-refractivity contribution is -0.139. The Bertz CT molecular complexity index is 743. The number of carbonyl (C=O) groups is 1. The van der Waals surface area contributed by atoms with Crippen molar-refractivity contribution in [2.45, 2.75) is 44.9 Å². The third-order valence-electron chi connectivity index (χ3n) is 4.72. The molecule has 1 aliphatic carbocycles. The van der Waals surface area contributed by atoms with Gasteiger partial charge in [0.1, 0.15) is 0 Å². The second kappa shape index (κ2) is 9.41. The average Bonchev–Trinajstić information content (AvgIpc) is 2.56. The number of benzene rings is 1. The van der Waals surface area contributed by atoms with E-state index < -0.39 is 15.4 Å². The predicted molar refractivity (Wildman–Crippen MR) is 102 cm³/mol. The molecule has 7 nitrogen and oxygen atoms in total. The van der Waals surface area contributed by atoms with Gasteiger partial charge in [-0.3, -0.25) is 4.79 Å². The summed E-state index contributed by atoms with van der Waals surface area (Å²) in [5.74, 6) is 0.659. The van der Waals surface area contributed by atoms with Crippen LogP contribution in [0.25, 0.3) is 0 Å². The van der Waals surface area contributed by atoms with E-state index in [4.69, 9.17) is 13.7 Å². The molecule has 1 aromatic carbocycles. The highest BCUT2D eigenvalue weighted by Crippen LogP contribution is 2.32. The van der Waals surface area contributed by atoms with Gasteiger partial charge in [-0.25, -0.2) is 0 Å². The molecular weight excluding hydrogens is 370 g/mol. The summed E-state index contributed by atoms with van der Waals surface area (Å²) >= 11 is 0. The molecule has 0 spiro atoms. The maximum atomic E-state index is 12.7. The first kappa shape index (κ1) is 21.5. The molecule has 1 aromatic rings. The van der Waals surface area contributed by atoms with Crippen molar-refractivity contribution < 1.29 is 26.9 Å². The summed E-state index contributed by atoms with van der Waals surface area (Å²) in [6.07, 6.45) is 2.93. The van der Waals surface area contributed by atoms with Crippen molar-refractivity contribution in [1.82, 2.24) is 4.90 Å². The molecule has 27 heavy (non-hydrogen) atoms. The molecule has 152 valence electrons. The van der Waals surface area contributed by atoms with Crippen molar-refractivity contribution in [2.24, 2.45) is 5.92 Å². The molecule has 8 heteroatoms. The summed E-state index contributed by atoms with van der Waals surface area (Å²) in [4.78, 5) is 14.4. The second-order valence-corrected chi connectivity index (χ2v) is 9.09. The van der Waals surface area contributed by atoms with Crippen molar-refractivity contribution in [1.29, 1.82) is 0 Å². The smallest absolute Gasteiger partial charge is 0.311 e. The fourth-order valence-corrected chi connectivity index (χ4v) is 3.28. The molecule has 0 radical (unpaired) electrons. The van der Waals surface area contributed by atoms with Gasteiger partial charge in [-0.2, -0.15) is 8.42 Å². The van der Waals surface area contributed by atoms with Crippen LogP contribution in [0.1, 0.15) is 38.7 Å². The number of methoxy groups -OCH3 is 2. The molecule has 0 unspecified atom stereocenters. The molecule has 1 aliphatic rings. The first-order chi connectivity index (χ1) is 12.8. The maximum absolute atomic E-state index is 12.7. The first-order valence-corrected chi connectivity index (χ1v) is 10.6. The van der Waals surface area contributed by atoms with E-state index in [0.717, 1.165) is 24.8 Å². The minimum atomic E-state index is -3.75. The number of rotatable bonds is 10. The molecule has 0 saturated heterocycles. The number of ether oxygens (including phenoxy) is 2. The molecule has 0 N–H and O–H groups in total. The predicted octanol–water partition coefficient (Wildman–Crippen LogP) is 2.59. The van der Waals surface area contributed by atoms with E-state index in [1.54, 1.807) is 38.0 Å². The molecule has 0 heterocycles. The van der Waals surface area contributed by atoms with Gasteiger partial charge in [0.05, 0.1) is 19.0 Å². The Morgan fingerprint density at radius 2 is 1.93 bits per heavy atom. The van der Waals surface area contributed by atoms with Crippen LogP contribution in [0, 0.1) is 5.92 Å². The van der Waals surface area contributed by atoms with E-state index in [1.165, 1.54) is 7.11 Å². The Balaban J connectivity index is 2.22. The molecule has 1 fully saturated rings. The molecule has 0 atom stereocenters. The van der Waals surface area contributed by atoms with Crippen LogP contribution in [0.3, 0.4) is 0 Å². The molecule has 0 aromatic heterocycles. The lowest BCUT2D eigenvalue weighted by Gasteiger charge is -2.31. The Morgan fingerprint density at radius 1 is 1.22 bits per heavy atom. The van der Waals surface area contributed by atoms with Crippen molar-refractivity contribution in [2.75, 3.05) is 27.4 Å². The molecule has 0 bridgehead atoms. The minimum absolute atomic E-state index is 0.0807. The summed E-state index contributed by atoms with van der Waals surface area (Å²) in [5, 5.41) is -0.677. The summed E-state index contributed by atoms with van der Waals surface area (Å²) < 4.78 is 39.8.